The summed E-state index contributed by atoms with van der Waals surface area (Å²) in [5.74, 6) is 5.82. The largest absolute Gasteiger partial charge is 0.374 e. The van der Waals surface area contributed by atoms with Gasteiger partial charge in [0.1, 0.15) is 5.60 Å². The molecule has 0 spiro atoms. The molecule has 1 heteroatoms. The van der Waals surface area contributed by atoms with Crippen molar-refractivity contribution >= 4 is 0 Å². The third kappa shape index (κ3) is 4.95. The summed E-state index contributed by atoms with van der Waals surface area (Å²) in [6, 6.07) is 19.9. The van der Waals surface area contributed by atoms with Gasteiger partial charge in [0, 0.05) is 0 Å². The zero-order valence-electron chi connectivity index (χ0n) is 12.3. The molecular weight excluding hydrogens is 256 g/mol. The normalized spacial score (nSPS) is 13.4. The second-order valence-electron chi connectivity index (χ2n) is 5.13. The Hall–Kier alpha value is -2.30. The summed E-state index contributed by atoms with van der Waals surface area (Å²) >= 11 is 0. The van der Waals surface area contributed by atoms with Crippen LogP contribution in [0.3, 0.4) is 0 Å². The molecule has 2 aromatic rings. The highest BCUT2D eigenvalue weighted by Gasteiger charge is 2.18. The van der Waals surface area contributed by atoms with E-state index >= 15 is 0 Å². The van der Waals surface area contributed by atoms with E-state index in [1.807, 2.05) is 48.6 Å². The van der Waals surface area contributed by atoms with E-state index < -0.39 is 5.60 Å². The highest BCUT2D eigenvalue weighted by molar-refractivity contribution is 5.32. The van der Waals surface area contributed by atoms with Gasteiger partial charge in [-0.25, -0.2) is 0 Å². The fourth-order valence-corrected chi connectivity index (χ4v) is 2.05. The maximum Gasteiger partial charge on any atom is 0.148 e. The highest BCUT2D eigenvalue weighted by Crippen LogP contribution is 2.18. The van der Waals surface area contributed by atoms with Gasteiger partial charge in [-0.2, -0.15) is 0 Å². The lowest BCUT2D eigenvalue weighted by Gasteiger charge is -2.16. The topological polar surface area (TPSA) is 20.2 Å². The molecule has 106 valence electrons. The highest BCUT2D eigenvalue weighted by atomic mass is 16.3. The average Bonchev–Trinajstić information content (AvgIpc) is 2.52. The lowest BCUT2D eigenvalue weighted by atomic mass is 9.97. The standard InChI is InChI=1S/C20H20O/c1-20(21,19-15-9-5-10-16-19)17-11-3-2-6-12-18-13-7-4-8-14-18/h2-5,7-10,13-16,21H,6,12H2,1H3/b3-2-/t20-/m0/s1. The molecule has 0 fully saturated rings. The Balaban J connectivity index is 1.87. The molecule has 1 nitrogen and oxygen atoms in total. The van der Waals surface area contributed by atoms with Gasteiger partial charge in [0.2, 0.25) is 0 Å². The molecule has 0 heterocycles. The summed E-state index contributed by atoms with van der Waals surface area (Å²) in [5.41, 5.74) is 1.03. The fourth-order valence-electron chi connectivity index (χ4n) is 2.05. The molecule has 0 aliphatic rings. The van der Waals surface area contributed by atoms with Crippen molar-refractivity contribution in [2.24, 2.45) is 0 Å². The molecule has 0 amide bonds. The zero-order chi connectivity index (χ0) is 15.0. The number of hydrogen-bond donors (Lipinski definition) is 1. The van der Waals surface area contributed by atoms with Gasteiger partial charge in [-0.05, 0) is 37.0 Å². The minimum atomic E-state index is -1.11. The number of benzene rings is 2. The Bertz CT molecular complexity index is 628. The molecule has 0 saturated heterocycles. The third-order valence-electron chi connectivity index (χ3n) is 3.30. The van der Waals surface area contributed by atoms with Gasteiger partial charge in [-0.3, -0.25) is 0 Å². The molecule has 0 saturated carbocycles. The van der Waals surface area contributed by atoms with E-state index in [0.717, 1.165) is 18.4 Å². The van der Waals surface area contributed by atoms with Crippen molar-refractivity contribution in [1.82, 2.24) is 0 Å². The maximum atomic E-state index is 10.3. The molecule has 0 aliphatic carbocycles. The predicted octanol–water partition coefficient (Wildman–Crippen LogP) is 4.09. The van der Waals surface area contributed by atoms with Crippen molar-refractivity contribution in [3.63, 3.8) is 0 Å². The van der Waals surface area contributed by atoms with E-state index in [0.29, 0.717) is 0 Å². The Morgan fingerprint density at radius 2 is 1.62 bits per heavy atom. The second kappa shape index (κ2) is 7.47. The molecule has 1 N–H and O–H groups in total. The van der Waals surface area contributed by atoms with Crippen LogP contribution in [0.1, 0.15) is 24.5 Å². The molecule has 1 atom stereocenters. The summed E-state index contributed by atoms with van der Waals surface area (Å²) in [7, 11) is 0. The van der Waals surface area contributed by atoms with E-state index in [2.05, 4.69) is 36.1 Å². The van der Waals surface area contributed by atoms with Gasteiger partial charge in [-0.1, -0.05) is 78.6 Å². The van der Waals surface area contributed by atoms with Gasteiger partial charge in [0.05, 0.1) is 0 Å². The van der Waals surface area contributed by atoms with E-state index in [4.69, 9.17) is 0 Å². The molecule has 0 aromatic heterocycles. The first-order chi connectivity index (χ1) is 10.2. The smallest absolute Gasteiger partial charge is 0.148 e. The van der Waals surface area contributed by atoms with Crippen LogP contribution in [0.4, 0.5) is 0 Å². The van der Waals surface area contributed by atoms with Crippen molar-refractivity contribution in [3.8, 4) is 11.8 Å². The van der Waals surface area contributed by atoms with Crippen LogP contribution in [0.5, 0.6) is 0 Å². The van der Waals surface area contributed by atoms with Crippen LogP contribution >= 0.6 is 0 Å². The number of aliphatic hydroxyl groups is 1. The van der Waals surface area contributed by atoms with Gasteiger partial charge in [-0.15, -0.1) is 0 Å². The second-order valence-corrected chi connectivity index (χ2v) is 5.13. The molecule has 21 heavy (non-hydrogen) atoms. The minimum Gasteiger partial charge on any atom is -0.374 e. The van der Waals surface area contributed by atoms with E-state index in [9.17, 15) is 5.11 Å². The lowest BCUT2D eigenvalue weighted by Crippen LogP contribution is -2.17. The van der Waals surface area contributed by atoms with Crippen molar-refractivity contribution in [2.45, 2.75) is 25.4 Å². The van der Waals surface area contributed by atoms with Crippen LogP contribution < -0.4 is 0 Å². The summed E-state index contributed by atoms with van der Waals surface area (Å²) in [6.07, 6.45) is 5.82. The molecule has 2 aromatic carbocycles. The van der Waals surface area contributed by atoms with Crippen molar-refractivity contribution in [3.05, 3.63) is 83.9 Å². The Labute approximate surface area is 127 Å². The van der Waals surface area contributed by atoms with E-state index in [1.165, 1.54) is 5.56 Å². The Morgan fingerprint density at radius 1 is 1.00 bits per heavy atom. The fraction of sp³-hybridized carbons (Fsp3) is 0.200. The summed E-state index contributed by atoms with van der Waals surface area (Å²) in [6.45, 7) is 1.72. The SMILES string of the molecule is C[C@](O)(C#C/C=C\CCc1ccccc1)c1ccccc1. The zero-order valence-corrected chi connectivity index (χ0v) is 12.3. The third-order valence-corrected chi connectivity index (χ3v) is 3.30. The van der Waals surface area contributed by atoms with Crippen LogP contribution in [0.15, 0.2) is 72.8 Å². The molecule has 0 unspecified atom stereocenters. The maximum absolute atomic E-state index is 10.3. The summed E-state index contributed by atoms with van der Waals surface area (Å²) < 4.78 is 0. The number of hydrogen-bond acceptors (Lipinski definition) is 1. The first kappa shape index (κ1) is 15.1. The summed E-state index contributed by atoms with van der Waals surface area (Å²) in [4.78, 5) is 0. The summed E-state index contributed by atoms with van der Waals surface area (Å²) in [5, 5.41) is 10.3. The average molecular weight is 276 g/mol. The van der Waals surface area contributed by atoms with Gasteiger partial charge in [0.15, 0.2) is 0 Å². The van der Waals surface area contributed by atoms with E-state index in [1.54, 1.807) is 6.92 Å². The molecular formula is C20H20O. The van der Waals surface area contributed by atoms with Crippen molar-refractivity contribution in [1.29, 1.82) is 0 Å². The van der Waals surface area contributed by atoms with Crippen LogP contribution in [-0.2, 0) is 12.0 Å². The monoisotopic (exact) mass is 276 g/mol. The van der Waals surface area contributed by atoms with Crippen LogP contribution in [0.25, 0.3) is 0 Å². The lowest BCUT2D eigenvalue weighted by molar-refractivity contribution is 0.122. The molecule has 2 rings (SSSR count). The minimum absolute atomic E-state index is 0.815. The van der Waals surface area contributed by atoms with Crippen LogP contribution in [0.2, 0.25) is 0 Å². The molecule has 0 aliphatic heterocycles. The van der Waals surface area contributed by atoms with Crippen molar-refractivity contribution in [2.75, 3.05) is 0 Å². The Morgan fingerprint density at radius 3 is 2.29 bits per heavy atom. The van der Waals surface area contributed by atoms with Crippen LogP contribution in [0, 0.1) is 11.8 Å². The predicted molar refractivity (Wildman–Crippen MR) is 87.7 cm³/mol. The molecule has 0 bridgehead atoms. The first-order valence-corrected chi connectivity index (χ1v) is 7.18. The first-order valence-electron chi connectivity index (χ1n) is 7.18. The number of allylic oxidation sites excluding steroid dienone is 2. The van der Waals surface area contributed by atoms with E-state index in [-0.39, 0.29) is 0 Å². The Kier molecular flexibility index (Phi) is 5.37. The number of aryl methyl sites for hydroxylation is 1. The molecule has 0 radical (unpaired) electrons. The van der Waals surface area contributed by atoms with Gasteiger partial charge < -0.3 is 5.11 Å². The van der Waals surface area contributed by atoms with Gasteiger partial charge in [0.25, 0.3) is 0 Å². The quantitative estimate of drug-likeness (QED) is 0.834. The van der Waals surface area contributed by atoms with Gasteiger partial charge >= 0.3 is 0 Å². The van der Waals surface area contributed by atoms with Crippen LogP contribution in [-0.4, -0.2) is 5.11 Å². The number of rotatable bonds is 4. The van der Waals surface area contributed by atoms with Crippen molar-refractivity contribution < 1.29 is 5.11 Å².